The third kappa shape index (κ3) is 4.58. The number of carbonyl (C=O) groups excluding carboxylic acids is 2. The van der Waals surface area contributed by atoms with Crippen molar-refractivity contribution in [3.8, 4) is 22.9 Å². The molecule has 4 rings (SSSR count). The van der Waals surface area contributed by atoms with Crippen molar-refractivity contribution < 1.29 is 18.7 Å². The van der Waals surface area contributed by atoms with Crippen LogP contribution >= 0.6 is 0 Å². The molecule has 1 aliphatic rings. The Kier molecular flexibility index (Phi) is 5.97. The van der Waals surface area contributed by atoms with Gasteiger partial charge in [-0.05, 0) is 50.2 Å². The van der Waals surface area contributed by atoms with Crippen LogP contribution in [0, 0.1) is 6.92 Å². The molecule has 31 heavy (non-hydrogen) atoms. The molecule has 1 aliphatic heterocycles. The van der Waals surface area contributed by atoms with Gasteiger partial charge in [0.15, 0.2) is 0 Å². The first-order chi connectivity index (χ1) is 15.0. The van der Waals surface area contributed by atoms with Crippen LogP contribution in [-0.4, -0.2) is 64.8 Å². The normalized spacial score (nSPS) is 13.9. The SMILES string of the molecule is CCOC(=O)N1CCN(C(=O)c2ccc(-c3nnc(-c4cccc(C)c4)o3)cc2)CC1. The van der Waals surface area contributed by atoms with Gasteiger partial charge in [-0.3, -0.25) is 4.79 Å². The first-order valence-corrected chi connectivity index (χ1v) is 10.3. The maximum atomic E-state index is 12.8. The minimum Gasteiger partial charge on any atom is -0.450 e. The molecule has 0 unspecified atom stereocenters. The van der Waals surface area contributed by atoms with E-state index in [1.807, 2.05) is 31.2 Å². The highest BCUT2D eigenvalue weighted by Gasteiger charge is 2.25. The van der Waals surface area contributed by atoms with Gasteiger partial charge >= 0.3 is 6.09 Å². The van der Waals surface area contributed by atoms with E-state index >= 15 is 0 Å². The van der Waals surface area contributed by atoms with E-state index in [-0.39, 0.29) is 12.0 Å². The largest absolute Gasteiger partial charge is 0.450 e. The van der Waals surface area contributed by atoms with Crippen molar-refractivity contribution in [2.24, 2.45) is 0 Å². The summed E-state index contributed by atoms with van der Waals surface area (Å²) in [5, 5.41) is 8.27. The summed E-state index contributed by atoms with van der Waals surface area (Å²) in [4.78, 5) is 28.0. The molecule has 0 radical (unpaired) electrons. The lowest BCUT2D eigenvalue weighted by atomic mass is 10.1. The van der Waals surface area contributed by atoms with Crippen molar-refractivity contribution in [3.05, 3.63) is 59.7 Å². The van der Waals surface area contributed by atoms with Gasteiger partial charge in [-0.15, -0.1) is 10.2 Å². The second kappa shape index (κ2) is 8.99. The summed E-state index contributed by atoms with van der Waals surface area (Å²) < 4.78 is 10.8. The Labute approximate surface area is 180 Å². The number of benzene rings is 2. The summed E-state index contributed by atoms with van der Waals surface area (Å²) >= 11 is 0. The molecule has 0 spiro atoms. The second-order valence-electron chi connectivity index (χ2n) is 7.34. The zero-order chi connectivity index (χ0) is 21.8. The number of piperazine rings is 1. The maximum Gasteiger partial charge on any atom is 0.409 e. The van der Waals surface area contributed by atoms with E-state index in [2.05, 4.69) is 10.2 Å². The zero-order valence-electron chi connectivity index (χ0n) is 17.6. The van der Waals surface area contributed by atoms with E-state index < -0.39 is 0 Å². The Morgan fingerprint density at radius 1 is 0.935 bits per heavy atom. The van der Waals surface area contributed by atoms with Gasteiger partial charge in [0.2, 0.25) is 11.8 Å². The Morgan fingerprint density at radius 2 is 1.58 bits per heavy atom. The Bertz CT molecular complexity index is 1070. The van der Waals surface area contributed by atoms with Crippen LogP contribution < -0.4 is 0 Å². The van der Waals surface area contributed by atoms with Crippen LogP contribution in [-0.2, 0) is 4.74 Å². The molecule has 0 aliphatic carbocycles. The average molecular weight is 420 g/mol. The number of hydrogen-bond donors (Lipinski definition) is 0. The second-order valence-corrected chi connectivity index (χ2v) is 7.34. The van der Waals surface area contributed by atoms with Gasteiger partial charge < -0.3 is 19.0 Å². The van der Waals surface area contributed by atoms with E-state index in [0.29, 0.717) is 50.1 Å². The molecule has 2 aromatic carbocycles. The first-order valence-electron chi connectivity index (χ1n) is 10.3. The van der Waals surface area contributed by atoms with E-state index in [0.717, 1.165) is 16.7 Å². The number of hydrogen-bond acceptors (Lipinski definition) is 6. The zero-order valence-corrected chi connectivity index (χ0v) is 17.6. The molecule has 0 atom stereocenters. The monoisotopic (exact) mass is 420 g/mol. The molecule has 160 valence electrons. The number of ether oxygens (including phenoxy) is 1. The molecule has 1 fully saturated rings. The molecule has 3 aromatic rings. The average Bonchev–Trinajstić information content (AvgIpc) is 3.29. The Morgan fingerprint density at radius 3 is 2.23 bits per heavy atom. The van der Waals surface area contributed by atoms with Crippen molar-refractivity contribution in [1.82, 2.24) is 20.0 Å². The minimum atomic E-state index is -0.330. The van der Waals surface area contributed by atoms with E-state index in [1.165, 1.54) is 0 Å². The van der Waals surface area contributed by atoms with Crippen LogP contribution in [0.15, 0.2) is 52.9 Å². The third-order valence-corrected chi connectivity index (χ3v) is 5.16. The minimum absolute atomic E-state index is 0.0685. The molecular weight excluding hydrogens is 396 g/mol. The summed E-state index contributed by atoms with van der Waals surface area (Å²) in [6, 6.07) is 15.0. The van der Waals surface area contributed by atoms with Crippen LogP contribution in [0.4, 0.5) is 4.79 Å². The number of aromatic nitrogens is 2. The molecule has 2 amide bonds. The number of rotatable bonds is 4. The first kappa shape index (κ1) is 20.6. The van der Waals surface area contributed by atoms with Gasteiger partial charge in [-0.1, -0.05) is 17.7 Å². The smallest absolute Gasteiger partial charge is 0.409 e. The number of nitrogens with zero attached hydrogens (tertiary/aromatic N) is 4. The van der Waals surface area contributed by atoms with Gasteiger partial charge in [0.05, 0.1) is 6.61 Å². The summed E-state index contributed by atoms with van der Waals surface area (Å²) in [7, 11) is 0. The lowest BCUT2D eigenvalue weighted by molar-refractivity contribution is 0.0570. The van der Waals surface area contributed by atoms with Gasteiger partial charge in [0.1, 0.15) is 0 Å². The standard InChI is InChI=1S/C23H24N4O4/c1-3-30-23(29)27-13-11-26(12-14-27)22(28)18-9-7-17(8-10-18)20-24-25-21(31-20)19-6-4-5-16(2)15-19/h4-10,15H,3,11-14H2,1-2H3. The fourth-order valence-electron chi connectivity index (χ4n) is 3.48. The Hall–Kier alpha value is -3.68. The fraction of sp³-hybridized carbons (Fsp3) is 0.304. The van der Waals surface area contributed by atoms with Gasteiger partial charge in [0, 0.05) is 42.9 Å². The van der Waals surface area contributed by atoms with Crippen LogP contribution in [0.3, 0.4) is 0 Å². The number of amides is 2. The molecule has 8 heteroatoms. The van der Waals surface area contributed by atoms with Crippen molar-refractivity contribution in [2.75, 3.05) is 32.8 Å². The summed E-state index contributed by atoms with van der Waals surface area (Å²) in [6.07, 6.45) is -0.330. The lowest BCUT2D eigenvalue weighted by Gasteiger charge is -2.34. The molecule has 1 saturated heterocycles. The van der Waals surface area contributed by atoms with Gasteiger partial charge in [-0.25, -0.2) is 4.79 Å². The molecule has 8 nitrogen and oxygen atoms in total. The molecule has 0 saturated carbocycles. The lowest BCUT2D eigenvalue weighted by Crippen LogP contribution is -2.50. The maximum absolute atomic E-state index is 12.8. The predicted octanol–water partition coefficient (Wildman–Crippen LogP) is 3.63. The van der Waals surface area contributed by atoms with Crippen molar-refractivity contribution >= 4 is 12.0 Å². The molecule has 0 N–H and O–H groups in total. The number of carbonyl (C=O) groups is 2. The highest BCUT2D eigenvalue weighted by molar-refractivity contribution is 5.94. The van der Waals surface area contributed by atoms with E-state index in [9.17, 15) is 9.59 Å². The topological polar surface area (TPSA) is 88.8 Å². The molecular formula is C23H24N4O4. The van der Waals surface area contributed by atoms with Gasteiger partial charge in [-0.2, -0.15) is 0 Å². The third-order valence-electron chi connectivity index (χ3n) is 5.16. The summed E-state index contributed by atoms with van der Waals surface area (Å²) in [5.74, 6) is 0.790. The molecule has 1 aromatic heterocycles. The van der Waals surface area contributed by atoms with E-state index in [4.69, 9.17) is 9.15 Å². The van der Waals surface area contributed by atoms with Crippen molar-refractivity contribution in [1.29, 1.82) is 0 Å². The van der Waals surface area contributed by atoms with Crippen molar-refractivity contribution in [3.63, 3.8) is 0 Å². The Balaban J connectivity index is 1.41. The van der Waals surface area contributed by atoms with Crippen molar-refractivity contribution in [2.45, 2.75) is 13.8 Å². The van der Waals surface area contributed by atoms with Crippen LogP contribution in [0.5, 0.6) is 0 Å². The highest BCUT2D eigenvalue weighted by Crippen LogP contribution is 2.25. The van der Waals surface area contributed by atoms with Crippen LogP contribution in [0.2, 0.25) is 0 Å². The highest BCUT2D eigenvalue weighted by atomic mass is 16.6. The van der Waals surface area contributed by atoms with Gasteiger partial charge in [0.25, 0.3) is 5.91 Å². The fourth-order valence-corrected chi connectivity index (χ4v) is 3.48. The summed E-state index contributed by atoms with van der Waals surface area (Å²) in [6.45, 7) is 6.01. The number of aryl methyl sites for hydroxylation is 1. The summed E-state index contributed by atoms with van der Waals surface area (Å²) in [5.41, 5.74) is 3.30. The van der Waals surface area contributed by atoms with Crippen LogP contribution in [0.25, 0.3) is 22.9 Å². The predicted molar refractivity (Wildman–Crippen MR) is 114 cm³/mol. The molecule has 2 heterocycles. The van der Waals surface area contributed by atoms with E-state index in [1.54, 1.807) is 41.0 Å². The van der Waals surface area contributed by atoms with Crippen LogP contribution in [0.1, 0.15) is 22.8 Å². The quantitative estimate of drug-likeness (QED) is 0.640. The molecule has 0 bridgehead atoms.